The number of rotatable bonds is 7. The molecule has 2 aromatic carbocycles. The van der Waals surface area contributed by atoms with Gasteiger partial charge in [0, 0.05) is 74.4 Å². The Morgan fingerprint density at radius 2 is 1.96 bits per heavy atom. The molecule has 1 saturated carbocycles. The molecule has 266 valence electrons. The van der Waals surface area contributed by atoms with Crippen molar-refractivity contribution in [1.82, 2.24) is 24.8 Å². The Balaban J connectivity index is 1.18. The minimum Gasteiger partial charge on any atom is -0.508 e. The normalized spacial score (nSPS) is 24.2. The monoisotopic (exact) mass is 696 g/mol. The Bertz CT molecular complexity index is 2050. The van der Waals surface area contributed by atoms with Gasteiger partial charge in [-0.1, -0.05) is 18.4 Å². The van der Waals surface area contributed by atoms with Gasteiger partial charge in [-0.15, -0.1) is 6.42 Å². The van der Waals surface area contributed by atoms with Crippen LogP contribution >= 0.6 is 0 Å². The van der Waals surface area contributed by atoms with Gasteiger partial charge in [-0.05, 0) is 68.7 Å². The highest BCUT2D eigenvalue weighted by Gasteiger charge is 2.49. The number of halogens is 2. The van der Waals surface area contributed by atoms with Crippen molar-refractivity contribution in [1.29, 1.82) is 0 Å². The van der Waals surface area contributed by atoms with Gasteiger partial charge in [0.1, 0.15) is 28.6 Å². The number of likely N-dealkylation sites (N-methyl/N-ethyl adjacent to an activating group) is 1. The number of aromatic hydroxyl groups is 1. The zero-order valence-corrected chi connectivity index (χ0v) is 28.8. The number of pyridine rings is 1. The lowest BCUT2D eigenvalue weighted by atomic mass is 9.75. The molecule has 8 rings (SSSR count). The van der Waals surface area contributed by atoms with Crippen LogP contribution in [0.3, 0.4) is 0 Å². The van der Waals surface area contributed by atoms with Gasteiger partial charge in [0.25, 0.3) is 0 Å². The molecule has 2 aromatic heterocycles. The third kappa shape index (κ3) is 6.00. The molecule has 1 N–H and O–H groups in total. The fraction of sp³-hybridized carbons (Fsp3) is 0.487. The molecule has 5 heterocycles. The summed E-state index contributed by atoms with van der Waals surface area (Å²) in [5.41, 5.74) is -0.0916. The van der Waals surface area contributed by atoms with Gasteiger partial charge in [0.05, 0.1) is 24.2 Å². The van der Waals surface area contributed by atoms with Gasteiger partial charge in [-0.2, -0.15) is 9.97 Å². The predicted octanol–water partition coefficient (Wildman–Crippen LogP) is 5.67. The van der Waals surface area contributed by atoms with E-state index < -0.39 is 11.6 Å². The lowest BCUT2D eigenvalue weighted by Gasteiger charge is -2.47. The first kappa shape index (κ1) is 33.5. The second kappa shape index (κ2) is 13.5. The first-order chi connectivity index (χ1) is 24.8. The number of piperidine rings is 1. The molecule has 3 atom stereocenters. The van der Waals surface area contributed by atoms with Gasteiger partial charge in [0.2, 0.25) is 5.91 Å². The van der Waals surface area contributed by atoms with Crippen LogP contribution < -0.4 is 9.64 Å². The van der Waals surface area contributed by atoms with Crippen molar-refractivity contribution in [2.75, 3.05) is 57.9 Å². The van der Waals surface area contributed by atoms with Crippen LogP contribution in [0.25, 0.3) is 32.9 Å². The number of phenolic OH excluding ortho intramolecular Hbond substituents is 1. The molecule has 3 aliphatic heterocycles. The van der Waals surface area contributed by atoms with Crippen LogP contribution in [0.4, 0.5) is 14.6 Å². The number of nitrogens with zero attached hydrogens (tertiary/aromatic N) is 6. The molecule has 4 fully saturated rings. The second-order valence-corrected chi connectivity index (χ2v) is 14.5. The van der Waals surface area contributed by atoms with Crippen molar-refractivity contribution in [3.05, 3.63) is 47.7 Å². The summed E-state index contributed by atoms with van der Waals surface area (Å²) in [5.74, 6) is 1.60. The van der Waals surface area contributed by atoms with Crippen LogP contribution in [-0.2, 0) is 9.53 Å². The zero-order chi connectivity index (χ0) is 35.3. The highest BCUT2D eigenvalue weighted by molar-refractivity contribution is 6.03. The summed E-state index contributed by atoms with van der Waals surface area (Å²) in [4.78, 5) is 32.9. The number of phenols is 1. The molecular formula is C39H42F2N6O4. The largest absolute Gasteiger partial charge is 0.508 e. The summed E-state index contributed by atoms with van der Waals surface area (Å²) in [6.45, 7) is 4.56. The van der Waals surface area contributed by atoms with Gasteiger partial charge < -0.3 is 24.4 Å². The Hall–Kier alpha value is -4.60. The smallest absolute Gasteiger partial charge is 0.319 e. The Kier molecular flexibility index (Phi) is 8.88. The number of hydrogen-bond donors (Lipinski definition) is 1. The summed E-state index contributed by atoms with van der Waals surface area (Å²) in [5, 5.41) is 11.7. The number of terminal acetylenes is 1. The lowest BCUT2D eigenvalue weighted by molar-refractivity contribution is -0.128. The molecular weight excluding hydrogens is 654 g/mol. The maximum absolute atomic E-state index is 17.0. The van der Waals surface area contributed by atoms with E-state index in [4.69, 9.17) is 20.9 Å². The molecule has 1 aliphatic carbocycles. The molecule has 51 heavy (non-hydrogen) atoms. The van der Waals surface area contributed by atoms with Crippen molar-refractivity contribution in [3.63, 3.8) is 0 Å². The van der Waals surface area contributed by atoms with Crippen molar-refractivity contribution >= 4 is 33.4 Å². The maximum Gasteiger partial charge on any atom is 0.319 e. The van der Waals surface area contributed by atoms with Crippen molar-refractivity contribution < 1.29 is 28.2 Å². The Morgan fingerprint density at radius 3 is 2.78 bits per heavy atom. The van der Waals surface area contributed by atoms with Gasteiger partial charge in [0.15, 0.2) is 5.82 Å². The fourth-order valence-corrected chi connectivity index (χ4v) is 9.01. The number of amides is 1. The van der Waals surface area contributed by atoms with E-state index in [0.29, 0.717) is 62.0 Å². The number of aromatic nitrogens is 3. The minimum atomic E-state index is -0.748. The van der Waals surface area contributed by atoms with E-state index in [1.807, 2.05) is 11.9 Å². The van der Waals surface area contributed by atoms with Crippen LogP contribution in [0.15, 0.2) is 30.5 Å². The maximum atomic E-state index is 17.0. The molecule has 12 heteroatoms. The van der Waals surface area contributed by atoms with E-state index in [-0.39, 0.29) is 56.8 Å². The van der Waals surface area contributed by atoms with Crippen LogP contribution in [0, 0.1) is 29.4 Å². The van der Waals surface area contributed by atoms with Crippen molar-refractivity contribution in [3.8, 4) is 35.4 Å². The van der Waals surface area contributed by atoms with Crippen LogP contribution in [0.1, 0.15) is 56.9 Å². The van der Waals surface area contributed by atoms with Crippen LogP contribution in [0.5, 0.6) is 11.8 Å². The number of fused-ring (bicyclic) bond motifs is 3. The topological polar surface area (TPSA) is 104 Å². The van der Waals surface area contributed by atoms with E-state index in [0.717, 1.165) is 58.0 Å². The third-order valence-electron chi connectivity index (χ3n) is 11.6. The first-order valence-corrected chi connectivity index (χ1v) is 18.0. The van der Waals surface area contributed by atoms with E-state index in [1.54, 1.807) is 0 Å². The van der Waals surface area contributed by atoms with Crippen molar-refractivity contribution in [2.45, 2.75) is 63.5 Å². The lowest BCUT2D eigenvalue weighted by Crippen LogP contribution is -2.54. The minimum absolute atomic E-state index is 0.0139. The number of carbonyl (C=O) groups is 1. The van der Waals surface area contributed by atoms with Crippen LogP contribution in [-0.4, -0.2) is 101 Å². The van der Waals surface area contributed by atoms with Gasteiger partial charge in [-0.3, -0.25) is 14.7 Å². The molecule has 4 aliphatic rings. The standard InChI is InChI=1S/C39H42F2N6O4/c1-3-27-30(40)10-8-24-19-26(48)20-28(33(24)27)35-34(41)36-29(21-42-35)37(46-15-6-17-50-18-16-46)44-38(43-36)51-23-39-12-4-7-31(39)47(14-5-13-39)22-25-9-11-32(49)45(25)2/h1,8,10,19-21,25,31,48H,4-7,9,11-18,22-23H2,2H3/t25?,31-,39-/m1/s1. The van der Waals surface area contributed by atoms with Crippen LogP contribution in [0.2, 0.25) is 0 Å². The van der Waals surface area contributed by atoms with E-state index >= 15 is 4.39 Å². The van der Waals surface area contributed by atoms with Gasteiger partial charge in [-0.25, -0.2) is 8.78 Å². The highest BCUT2D eigenvalue weighted by atomic mass is 19.1. The molecule has 0 bridgehead atoms. The number of carbonyl (C=O) groups excluding carboxylic acids is 1. The number of likely N-dealkylation sites (tertiary alicyclic amines) is 2. The number of hydrogen-bond acceptors (Lipinski definition) is 9. The molecule has 1 amide bonds. The molecule has 0 spiro atoms. The fourth-order valence-electron chi connectivity index (χ4n) is 9.01. The van der Waals surface area contributed by atoms with E-state index in [2.05, 4.69) is 25.7 Å². The SMILES string of the molecule is C#Cc1c(F)ccc2cc(O)cc(-c3ncc4c(N5CCCOCC5)nc(OC[C@]56CCC[C@H]5N(CC5CCC(=O)N5C)CCC6)nc4c3F)c12. The van der Waals surface area contributed by atoms with Gasteiger partial charge >= 0.3 is 6.01 Å². The zero-order valence-electron chi connectivity index (χ0n) is 28.8. The summed E-state index contributed by atoms with van der Waals surface area (Å²) in [6.07, 6.45) is 14.7. The molecule has 3 saturated heterocycles. The number of benzene rings is 2. The average Bonchev–Trinajstić information content (AvgIpc) is 3.58. The van der Waals surface area contributed by atoms with E-state index in [1.165, 1.54) is 30.5 Å². The highest BCUT2D eigenvalue weighted by Crippen LogP contribution is 2.48. The third-order valence-corrected chi connectivity index (χ3v) is 11.6. The number of anilines is 1. The second-order valence-electron chi connectivity index (χ2n) is 14.5. The van der Waals surface area contributed by atoms with E-state index in [9.17, 15) is 14.3 Å². The summed E-state index contributed by atoms with van der Waals surface area (Å²) in [6, 6.07) is 6.14. The molecule has 0 radical (unpaired) electrons. The summed E-state index contributed by atoms with van der Waals surface area (Å²) >= 11 is 0. The summed E-state index contributed by atoms with van der Waals surface area (Å²) in [7, 11) is 1.91. The number of ether oxygens (including phenoxy) is 2. The molecule has 4 aromatic rings. The summed E-state index contributed by atoms with van der Waals surface area (Å²) < 4.78 is 44.1. The van der Waals surface area contributed by atoms with Crippen molar-refractivity contribution in [2.24, 2.45) is 5.41 Å². The molecule has 10 nitrogen and oxygen atoms in total. The predicted molar refractivity (Wildman–Crippen MR) is 190 cm³/mol. The average molecular weight is 697 g/mol. The molecule has 1 unspecified atom stereocenters. The Labute approximate surface area is 295 Å². The quantitative estimate of drug-likeness (QED) is 0.245. The first-order valence-electron chi connectivity index (χ1n) is 18.0. The Morgan fingerprint density at radius 1 is 1.10 bits per heavy atom.